The lowest BCUT2D eigenvalue weighted by atomic mass is 10.1. The zero-order valence-electron chi connectivity index (χ0n) is 16.6. The fourth-order valence-corrected chi connectivity index (χ4v) is 3.31. The van der Waals surface area contributed by atoms with Crippen molar-refractivity contribution in [1.82, 2.24) is 10.2 Å². The third-order valence-electron chi connectivity index (χ3n) is 4.86. The van der Waals surface area contributed by atoms with Gasteiger partial charge in [0, 0.05) is 5.56 Å². The van der Waals surface area contributed by atoms with E-state index in [9.17, 15) is 23.6 Å². The quantitative estimate of drug-likeness (QED) is 0.451. The third-order valence-corrected chi connectivity index (χ3v) is 4.86. The normalized spacial score (nSPS) is 13.6. The summed E-state index contributed by atoms with van der Waals surface area (Å²) in [6.45, 7) is -0.727. The van der Waals surface area contributed by atoms with E-state index in [4.69, 9.17) is 9.15 Å². The van der Waals surface area contributed by atoms with Gasteiger partial charge in [-0.25, -0.2) is 4.39 Å². The van der Waals surface area contributed by atoms with E-state index in [-0.39, 0.29) is 23.2 Å². The number of nitrogens with zero attached hydrogens (tertiary/aromatic N) is 1. The molecule has 0 saturated carbocycles. The van der Waals surface area contributed by atoms with Gasteiger partial charge in [-0.2, -0.15) is 0 Å². The molecule has 2 heterocycles. The monoisotopic (exact) mass is 436 g/mol. The van der Waals surface area contributed by atoms with Crippen molar-refractivity contribution in [2.45, 2.75) is 12.6 Å². The van der Waals surface area contributed by atoms with E-state index >= 15 is 0 Å². The van der Waals surface area contributed by atoms with Crippen LogP contribution in [0.5, 0.6) is 0 Å². The van der Waals surface area contributed by atoms with Crippen molar-refractivity contribution in [3.05, 3.63) is 95.2 Å². The van der Waals surface area contributed by atoms with Crippen LogP contribution in [-0.4, -0.2) is 35.1 Å². The predicted octanol–water partition coefficient (Wildman–Crippen LogP) is 2.62. The number of rotatable bonds is 7. The van der Waals surface area contributed by atoms with Crippen LogP contribution >= 0.6 is 0 Å². The Morgan fingerprint density at radius 3 is 2.25 bits per heavy atom. The molecular formula is C23H17FN2O6. The molecule has 1 unspecified atom stereocenters. The number of benzene rings is 2. The summed E-state index contributed by atoms with van der Waals surface area (Å²) in [7, 11) is 0. The molecule has 0 bridgehead atoms. The molecule has 0 saturated heterocycles. The molecule has 3 aromatic rings. The van der Waals surface area contributed by atoms with E-state index in [1.165, 1.54) is 36.6 Å². The van der Waals surface area contributed by atoms with Crippen LogP contribution in [-0.2, 0) is 20.9 Å². The second kappa shape index (κ2) is 8.84. The van der Waals surface area contributed by atoms with Gasteiger partial charge >= 0.3 is 5.97 Å². The first kappa shape index (κ1) is 21.0. The van der Waals surface area contributed by atoms with E-state index in [0.29, 0.717) is 5.76 Å². The molecule has 0 fully saturated rings. The maximum Gasteiger partial charge on any atom is 0.327 e. The first-order chi connectivity index (χ1) is 15.5. The van der Waals surface area contributed by atoms with Crippen LogP contribution in [0.15, 0.2) is 71.3 Å². The average molecular weight is 436 g/mol. The Hall–Kier alpha value is -4.27. The molecule has 9 heteroatoms. The van der Waals surface area contributed by atoms with Crippen molar-refractivity contribution in [2.75, 3.05) is 6.54 Å². The van der Waals surface area contributed by atoms with E-state index in [2.05, 4.69) is 5.32 Å². The average Bonchev–Trinajstić information content (AvgIpc) is 3.40. The Balaban J connectivity index is 1.50. The Bertz CT molecular complexity index is 1160. The second-order valence-corrected chi connectivity index (χ2v) is 6.93. The first-order valence-corrected chi connectivity index (χ1v) is 9.65. The summed E-state index contributed by atoms with van der Waals surface area (Å²) in [6, 6.07) is 14.8. The summed E-state index contributed by atoms with van der Waals surface area (Å²) >= 11 is 0. The molecule has 32 heavy (non-hydrogen) atoms. The maximum atomic E-state index is 14.4. The molecule has 1 atom stereocenters. The summed E-state index contributed by atoms with van der Waals surface area (Å²) in [5, 5.41) is 2.52. The fourth-order valence-electron chi connectivity index (χ4n) is 3.31. The van der Waals surface area contributed by atoms with Gasteiger partial charge in [0.25, 0.3) is 17.7 Å². The lowest BCUT2D eigenvalue weighted by molar-refractivity contribution is -0.156. The lowest BCUT2D eigenvalue weighted by Gasteiger charge is -2.20. The highest BCUT2D eigenvalue weighted by atomic mass is 19.1. The summed E-state index contributed by atoms with van der Waals surface area (Å²) in [6.07, 6.45) is -0.202. The number of hydrogen-bond acceptors (Lipinski definition) is 6. The van der Waals surface area contributed by atoms with Crippen molar-refractivity contribution in [3.8, 4) is 0 Å². The number of imide groups is 1. The van der Waals surface area contributed by atoms with Crippen LogP contribution in [0.2, 0.25) is 0 Å². The third kappa shape index (κ3) is 4.13. The highest BCUT2D eigenvalue weighted by molar-refractivity contribution is 6.22. The molecular weight excluding hydrogens is 419 g/mol. The van der Waals surface area contributed by atoms with E-state index in [1.807, 2.05) is 0 Å². The van der Waals surface area contributed by atoms with Gasteiger partial charge < -0.3 is 14.5 Å². The number of esters is 1. The molecule has 1 aromatic heterocycles. The Morgan fingerprint density at radius 2 is 1.62 bits per heavy atom. The molecule has 1 aliphatic heterocycles. The first-order valence-electron chi connectivity index (χ1n) is 9.65. The number of carbonyl (C=O) groups is 4. The Labute approximate surface area is 181 Å². The Kier molecular flexibility index (Phi) is 5.80. The standard InChI is InChI=1S/C23H17FN2O6/c24-18-10-4-3-9-17(18)20(21(28)25-12-14-6-5-11-31-14)32-19(27)13-26-22(29)15-7-1-2-8-16(15)23(26)30/h1-11,20H,12-13H2,(H,25,28). The van der Waals surface area contributed by atoms with Gasteiger partial charge in [0.2, 0.25) is 6.10 Å². The number of nitrogens with one attached hydrogen (secondary N) is 1. The molecule has 1 N–H and O–H groups in total. The van der Waals surface area contributed by atoms with Crippen molar-refractivity contribution in [1.29, 1.82) is 0 Å². The van der Waals surface area contributed by atoms with Crippen molar-refractivity contribution >= 4 is 23.7 Å². The molecule has 0 spiro atoms. The molecule has 0 radical (unpaired) electrons. The van der Waals surface area contributed by atoms with Crippen LogP contribution in [0.25, 0.3) is 0 Å². The molecule has 4 rings (SSSR count). The van der Waals surface area contributed by atoms with Crippen LogP contribution in [0, 0.1) is 5.82 Å². The minimum absolute atomic E-state index is 0.00720. The van der Waals surface area contributed by atoms with Crippen LogP contribution in [0.3, 0.4) is 0 Å². The number of fused-ring (bicyclic) bond motifs is 1. The number of amides is 3. The lowest BCUT2D eigenvalue weighted by Crippen LogP contribution is -2.38. The van der Waals surface area contributed by atoms with E-state index < -0.39 is 42.2 Å². The van der Waals surface area contributed by atoms with Crippen LogP contribution < -0.4 is 5.32 Å². The maximum absolute atomic E-state index is 14.4. The second-order valence-electron chi connectivity index (χ2n) is 6.93. The molecule has 0 aliphatic carbocycles. The highest BCUT2D eigenvalue weighted by Gasteiger charge is 2.37. The molecule has 3 amide bonds. The van der Waals surface area contributed by atoms with Gasteiger partial charge in [0.15, 0.2) is 0 Å². The highest BCUT2D eigenvalue weighted by Crippen LogP contribution is 2.24. The van der Waals surface area contributed by atoms with E-state index in [0.717, 1.165) is 11.0 Å². The van der Waals surface area contributed by atoms with Crippen molar-refractivity contribution in [3.63, 3.8) is 0 Å². The number of ether oxygens (including phenoxy) is 1. The number of furan rings is 1. The fraction of sp³-hybridized carbons (Fsp3) is 0.130. The SMILES string of the molecule is O=C(CN1C(=O)c2ccccc2C1=O)OC(C(=O)NCc1ccco1)c1ccccc1F. The van der Waals surface area contributed by atoms with Gasteiger partial charge in [0.05, 0.1) is 23.9 Å². The Morgan fingerprint density at radius 1 is 0.969 bits per heavy atom. The molecule has 1 aliphatic rings. The summed E-state index contributed by atoms with van der Waals surface area (Å²) in [4.78, 5) is 51.0. The molecule has 8 nitrogen and oxygen atoms in total. The zero-order valence-corrected chi connectivity index (χ0v) is 16.6. The van der Waals surface area contributed by atoms with Crippen LogP contribution in [0.4, 0.5) is 4.39 Å². The van der Waals surface area contributed by atoms with Gasteiger partial charge in [0.1, 0.15) is 18.1 Å². The summed E-state index contributed by atoms with van der Waals surface area (Å²) < 4.78 is 24.7. The predicted molar refractivity (Wildman–Crippen MR) is 108 cm³/mol. The van der Waals surface area contributed by atoms with E-state index in [1.54, 1.807) is 24.3 Å². The topological polar surface area (TPSA) is 106 Å². The number of halogens is 1. The summed E-state index contributed by atoms with van der Waals surface area (Å²) in [5.41, 5.74) is 0.180. The summed E-state index contributed by atoms with van der Waals surface area (Å²) in [5.74, 6) is -3.43. The molecule has 2 aromatic carbocycles. The largest absolute Gasteiger partial charge is 0.467 e. The van der Waals surface area contributed by atoms with Gasteiger partial charge in [-0.15, -0.1) is 0 Å². The number of hydrogen-bond donors (Lipinski definition) is 1. The van der Waals surface area contributed by atoms with Crippen molar-refractivity contribution in [2.24, 2.45) is 0 Å². The smallest absolute Gasteiger partial charge is 0.327 e. The van der Waals surface area contributed by atoms with Gasteiger partial charge in [-0.1, -0.05) is 30.3 Å². The molecule has 162 valence electrons. The van der Waals surface area contributed by atoms with Gasteiger partial charge in [-0.3, -0.25) is 24.1 Å². The zero-order chi connectivity index (χ0) is 22.7. The van der Waals surface area contributed by atoms with Crippen molar-refractivity contribution < 1.29 is 32.7 Å². The number of carbonyl (C=O) groups excluding carboxylic acids is 4. The van der Waals surface area contributed by atoms with Gasteiger partial charge in [-0.05, 0) is 30.3 Å². The minimum atomic E-state index is -1.63. The van der Waals surface area contributed by atoms with Crippen LogP contribution in [0.1, 0.15) is 38.1 Å². The minimum Gasteiger partial charge on any atom is -0.467 e.